The summed E-state index contributed by atoms with van der Waals surface area (Å²) >= 11 is 0. The van der Waals surface area contributed by atoms with E-state index in [0.717, 1.165) is 24.6 Å². The molecule has 2 rings (SSSR count). The summed E-state index contributed by atoms with van der Waals surface area (Å²) in [5, 5.41) is 14.6. The molecule has 0 heterocycles. The van der Waals surface area contributed by atoms with Crippen molar-refractivity contribution < 1.29 is 35.4 Å². The molecule has 0 aliphatic rings. The molecule has 0 atom stereocenters. The molecule has 0 aromatic heterocycles. The predicted octanol–water partition coefficient (Wildman–Crippen LogP) is 0.280. The fourth-order valence-corrected chi connectivity index (χ4v) is 3.75. The number of nitrogens with two attached hydrogens (primary N) is 2. The summed E-state index contributed by atoms with van der Waals surface area (Å²) < 4.78 is 74.0. The van der Waals surface area contributed by atoms with Crippen molar-refractivity contribution in [2.45, 2.75) is 9.79 Å². The summed E-state index contributed by atoms with van der Waals surface area (Å²) in [5.74, 6) is -0.773. The number of ether oxygens (including phenoxy) is 2. The van der Waals surface area contributed by atoms with Crippen LogP contribution in [0, 0.1) is 0 Å². The second kappa shape index (κ2) is 10.8. The van der Waals surface area contributed by atoms with Gasteiger partial charge in [0, 0.05) is 0 Å². The van der Waals surface area contributed by atoms with Crippen molar-refractivity contribution in [1.82, 2.24) is 0 Å². The molecule has 0 aliphatic carbocycles. The normalized spacial score (nSPS) is 13.5. The van der Waals surface area contributed by atoms with E-state index in [0.29, 0.717) is 0 Å². The molecule has 16 heteroatoms. The number of amidine groups is 2. The fraction of sp³-hybridized carbons (Fsp3) is 0.111. The average Bonchev–Trinajstić information content (AvgIpc) is 2.77. The highest BCUT2D eigenvalue weighted by Crippen LogP contribution is 2.25. The highest BCUT2D eigenvalue weighted by Gasteiger charge is 2.17. The fourth-order valence-electron chi connectivity index (χ4n) is 2.37. The standard InChI is InChI=1S/C18H20N6O8S2/c1-31-13-5-3-11(7-15(13)33(25,26)27)9-21-23-17(19)18(20)24-22-10-12-4-6-14(32-2)16(8-12)34(28,29)30/h3-10H,1-2H3,(H2,19,23)(H2,20,24)(H,25,26,27)(H,28,29,30)/b21-9+,22-10+. The zero-order valence-electron chi connectivity index (χ0n) is 17.7. The lowest BCUT2D eigenvalue weighted by Gasteiger charge is -2.06. The predicted molar refractivity (Wildman–Crippen MR) is 124 cm³/mol. The smallest absolute Gasteiger partial charge is 0.298 e. The summed E-state index contributed by atoms with van der Waals surface area (Å²) in [6.45, 7) is 0. The van der Waals surface area contributed by atoms with Crippen molar-refractivity contribution in [2.24, 2.45) is 31.9 Å². The molecular formula is C18H20N6O8S2. The largest absolute Gasteiger partial charge is 0.495 e. The summed E-state index contributed by atoms with van der Waals surface area (Å²) in [7, 11) is -6.56. The first-order valence-electron chi connectivity index (χ1n) is 8.91. The molecule has 0 aliphatic heterocycles. The third kappa shape index (κ3) is 7.07. The van der Waals surface area contributed by atoms with Gasteiger partial charge in [0.2, 0.25) is 0 Å². The van der Waals surface area contributed by atoms with E-state index in [2.05, 4.69) is 20.4 Å². The Bertz CT molecular complexity index is 1290. The number of methoxy groups -OCH3 is 2. The lowest BCUT2D eigenvalue weighted by atomic mass is 10.2. The summed E-state index contributed by atoms with van der Waals surface area (Å²) in [4.78, 5) is -0.913. The van der Waals surface area contributed by atoms with E-state index in [-0.39, 0.29) is 34.3 Å². The highest BCUT2D eigenvalue weighted by atomic mass is 32.2. The van der Waals surface area contributed by atoms with Crippen LogP contribution in [0.15, 0.2) is 66.6 Å². The van der Waals surface area contributed by atoms with Crippen LogP contribution in [0.3, 0.4) is 0 Å². The average molecular weight is 513 g/mol. The van der Waals surface area contributed by atoms with Crippen LogP contribution in [0.25, 0.3) is 0 Å². The van der Waals surface area contributed by atoms with Crippen molar-refractivity contribution >= 4 is 44.3 Å². The van der Waals surface area contributed by atoms with Gasteiger partial charge >= 0.3 is 0 Å². The number of nitrogens with zero attached hydrogens (tertiary/aromatic N) is 4. The second-order valence-electron chi connectivity index (χ2n) is 6.23. The Morgan fingerprint density at radius 2 is 1.12 bits per heavy atom. The van der Waals surface area contributed by atoms with Crippen LogP contribution in [0.5, 0.6) is 11.5 Å². The Kier molecular flexibility index (Phi) is 8.41. The van der Waals surface area contributed by atoms with Gasteiger partial charge in [0.1, 0.15) is 21.3 Å². The van der Waals surface area contributed by atoms with Gasteiger partial charge in [-0.1, -0.05) is 0 Å². The van der Waals surface area contributed by atoms with Gasteiger partial charge in [-0.3, -0.25) is 9.11 Å². The Morgan fingerprint density at radius 1 is 0.765 bits per heavy atom. The summed E-state index contributed by atoms with van der Waals surface area (Å²) in [5.41, 5.74) is 11.8. The molecule has 14 nitrogen and oxygen atoms in total. The van der Waals surface area contributed by atoms with E-state index in [1.807, 2.05) is 0 Å². The molecule has 0 saturated heterocycles. The van der Waals surface area contributed by atoms with Gasteiger partial charge < -0.3 is 20.9 Å². The number of hydrogen-bond donors (Lipinski definition) is 4. The van der Waals surface area contributed by atoms with Crippen LogP contribution in [0.2, 0.25) is 0 Å². The lowest BCUT2D eigenvalue weighted by molar-refractivity contribution is 0.397. The molecule has 2 aromatic carbocycles. The summed E-state index contributed by atoms with van der Waals surface area (Å²) in [6, 6.07) is 7.77. The Hall–Kier alpha value is -3.86. The first-order chi connectivity index (χ1) is 15.9. The molecule has 0 fully saturated rings. The first kappa shape index (κ1) is 26.4. The van der Waals surface area contributed by atoms with E-state index in [1.54, 1.807) is 0 Å². The molecule has 2 aromatic rings. The Balaban J connectivity index is 2.19. The highest BCUT2D eigenvalue weighted by molar-refractivity contribution is 7.86. The number of hydrogen-bond acceptors (Lipinski definition) is 10. The molecule has 6 N–H and O–H groups in total. The van der Waals surface area contributed by atoms with E-state index in [4.69, 9.17) is 20.9 Å². The van der Waals surface area contributed by atoms with Crippen molar-refractivity contribution in [2.75, 3.05) is 14.2 Å². The van der Waals surface area contributed by atoms with Crippen molar-refractivity contribution in [3.8, 4) is 11.5 Å². The van der Waals surface area contributed by atoms with E-state index in [9.17, 15) is 25.9 Å². The molecule has 182 valence electrons. The van der Waals surface area contributed by atoms with Crippen LogP contribution in [-0.4, -0.2) is 64.3 Å². The SMILES string of the molecule is COc1ccc(/C=N/N=C(N)/C(N)=N/N=C/c2ccc(OC)c(S(=O)(=O)O)c2)cc1S(=O)(=O)O. The zero-order valence-corrected chi connectivity index (χ0v) is 19.4. The van der Waals surface area contributed by atoms with Gasteiger partial charge in [0.25, 0.3) is 20.2 Å². The van der Waals surface area contributed by atoms with Crippen molar-refractivity contribution in [3.63, 3.8) is 0 Å². The van der Waals surface area contributed by atoms with Crippen LogP contribution < -0.4 is 20.9 Å². The molecular weight excluding hydrogens is 492 g/mol. The van der Waals surface area contributed by atoms with Crippen LogP contribution in [0.1, 0.15) is 11.1 Å². The molecule has 34 heavy (non-hydrogen) atoms. The minimum atomic E-state index is -4.53. The zero-order chi connectivity index (χ0) is 25.5. The topological polar surface area (TPSA) is 229 Å². The Morgan fingerprint density at radius 3 is 1.41 bits per heavy atom. The van der Waals surface area contributed by atoms with Crippen LogP contribution in [-0.2, 0) is 20.2 Å². The quantitative estimate of drug-likeness (QED) is 0.163. The van der Waals surface area contributed by atoms with Gasteiger partial charge in [0.15, 0.2) is 11.7 Å². The monoisotopic (exact) mass is 512 g/mol. The van der Waals surface area contributed by atoms with Crippen LogP contribution in [0.4, 0.5) is 0 Å². The maximum Gasteiger partial charge on any atom is 0.298 e. The van der Waals surface area contributed by atoms with E-state index >= 15 is 0 Å². The van der Waals surface area contributed by atoms with Crippen molar-refractivity contribution in [1.29, 1.82) is 0 Å². The van der Waals surface area contributed by atoms with Gasteiger partial charge in [-0.15, -0.1) is 10.2 Å². The third-order valence-corrected chi connectivity index (χ3v) is 5.69. The van der Waals surface area contributed by atoms with Gasteiger partial charge in [-0.2, -0.15) is 27.0 Å². The molecule has 0 radical (unpaired) electrons. The van der Waals surface area contributed by atoms with Gasteiger partial charge in [-0.25, -0.2) is 0 Å². The lowest BCUT2D eigenvalue weighted by Crippen LogP contribution is -2.30. The first-order valence-corrected chi connectivity index (χ1v) is 11.8. The molecule has 0 spiro atoms. The minimum Gasteiger partial charge on any atom is -0.495 e. The van der Waals surface area contributed by atoms with E-state index in [1.165, 1.54) is 38.5 Å². The van der Waals surface area contributed by atoms with Gasteiger partial charge in [-0.05, 0) is 47.5 Å². The summed E-state index contributed by atoms with van der Waals surface area (Å²) in [6.07, 6.45) is 2.29. The maximum absolute atomic E-state index is 11.4. The molecule has 0 unspecified atom stereocenters. The molecule has 0 saturated carbocycles. The van der Waals surface area contributed by atoms with E-state index < -0.39 is 30.0 Å². The van der Waals surface area contributed by atoms with Crippen LogP contribution >= 0.6 is 0 Å². The second-order valence-corrected chi connectivity index (χ2v) is 9.01. The third-order valence-electron chi connectivity index (χ3n) is 3.94. The number of benzene rings is 2. The molecule has 0 bridgehead atoms. The molecule has 0 amide bonds. The number of rotatable bonds is 8. The maximum atomic E-state index is 11.4. The minimum absolute atomic E-state index is 0.0579. The Labute approximate surface area is 194 Å². The van der Waals surface area contributed by atoms with Gasteiger partial charge in [0.05, 0.1) is 26.6 Å². The van der Waals surface area contributed by atoms with Crippen molar-refractivity contribution in [3.05, 3.63) is 47.5 Å².